The fourth-order valence-corrected chi connectivity index (χ4v) is 2.54. The molecule has 0 spiro atoms. The number of anilines is 1. The van der Waals surface area contributed by atoms with Gasteiger partial charge >= 0.3 is 12.0 Å². The second-order valence-electron chi connectivity index (χ2n) is 6.30. The number of hydrogen-bond acceptors (Lipinski definition) is 6. The van der Waals surface area contributed by atoms with Gasteiger partial charge in [0.05, 0.1) is 19.8 Å². The Kier molecular flexibility index (Phi) is 7.42. The zero-order valence-corrected chi connectivity index (χ0v) is 15.4. The van der Waals surface area contributed by atoms with Crippen LogP contribution in [0.25, 0.3) is 0 Å². The van der Waals surface area contributed by atoms with Gasteiger partial charge in [-0.25, -0.2) is 4.79 Å². The van der Waals surface area contributed by atoms with E-state index in [2.05, 4.69) is 16.0 Å². The van der Waals surface area contributed by atoms with E-state index in [4.69, 9.17) is 9.47 Å². The molecule has 0 radical (unpaired) electrons. The van der Waals surface area contributed by atoms with Crippen LogP contribution in [-0.4, -0.2) is 48.8 Å². The lowest BCUT2D eigenvalue weighted by atomic mass is 9.99. The van der Waals surface area contributed by atoms with Crippen molar-refractivity contribution in [1.82, 2.24) is 10.6 Å². The number of rotatable bonds is 7. The summed E-state index contributed by atoms with van der Waals surface area (Å²) in [6, 6.07) is 3.37. The zero-order valence-electron chi connectivity index (χ0n) is 15.4. The third-order valence-electron chi connectivity index (χ3n) is 4.22. The standard InChI is InChI=1S/C18H25N3O6/c1-3-11(2)16(17(23)24)19-10-15(22)21-18(25)20-12-5-6-13-14(9-12)27-8-4-7-26-13/h5-6,9,11,16,19H,3-4,7-8,10H2,1-2H3,(H,23,24)(H2,20,21,22,25)/t11-,16-/m0/s1. The Morgan fingerprint density at radius 2 is 1.89 bits per heavy atom. The van der Waals surface area contributed by atoms with E-state index in [1.165, 1.54) is 0 Å². The van der Waals surface area contributed by atoms with E-state index in [0.717, 1.165) is 6.42 Å². The average Bonchev–Trinajstić information content (AvgIpc) is 2.86. The molecule has 1 aliphatic heterocycles. The van der Waals surface area contributed by atoms with E-state index in [-0.39, 0.29) is 12.5 Å². The molecule has 4 N–H and O–H groups in total. The highest BCUT2D eigenvalue weighted by molar-refractivity contribution is 6.02. The predicted octanol–water partition coefficient (Wildman–Crippen LogP) is 1.58. The number of urea groups is 1. The first-order valence-electron chi connectivity index (χ1n) is 8.87. The molecule has 1 heterocycles. The number of carbonyl (C=O) groups excluding carboxylic acids is 2. The molecule has 0 saturated carbocycles. The first kappa shape index (κ1) is 20.5. The molecule has 1 aliphatic rings. The number of carboxylic acids is 1. The Morgan fingerprint density at radius 1 is 1.19 bits per heavy atom. The summed E-state index contributed by atoms with van der Waals surface area (Å²) in [6.07, 6.45) is 1.42. The van der Waals surface area contributed by atoms with Crippen LogP contribution in [0.2, 0.25) is 0 Å². The van der Waals surface area contributed by atoms with Crippen molar-refractivity contribution >= 4 is 23.6 Å². The molecule has 0 aliphatic carbocycles. The topological polar surface area (TPSA) is 126 Å². The smallest absolute Gasteiger partial charge is 0.325 e. The number of aliphatic carboxylic acids is 1. The third-order valence-corrected chi connectivity index (χ3v) is 4.22. The number of amides is 3. The average molecular weight is 379 g/mol. The Hall–Kier alpha value is -2.81. The second kappa shape index (κ2) is 9.77. The summed E-state index contributed by atoms with van der Waals surface area (Å²) in [7, 11) is 0. The van der Waals surface area contributed by atoms with Crippen LogP contribution in [0, 0.1) is 5.92 Å². The molecule has 0 aromatic heterocycles. The molecular formula is C18H25N3O6. The fraction of sp³-hybridized carbons (Fsp3) is 0.500. The van der Waals surface area contributed by atoms with Gasteiger partial charge in [-0.3, -0.25) is 20.2 Å². The quantitative estimate of drug-likeness (QED) is 0.567. The van der Waals surface area contributed by atoms with E-state index in [0.29, 0.717) is 36.8 Å². The summed E-state index contributed by atoms with van der Waals surface area (Å²) in [4.78, 5) is 35.1. The fourth-order valence-electron chi connectivity index (χ4n) is 2.54. The number of carboxylic acid groups (broad SMARTS) is 1. The van der Waals surface area contributed by atoms with Gasteiger partial charge in [0.25, 0.3) is 0 Å². The molecule has 9 nitrogen and oxygen atoms in total. The molecular weight excluding hydrogens is 354 g/mol. The summed E-state index contributed by atoms with van der Waals surface area (Å²) in [5.41, 5.74) is 0.445. The number of benzene rings is 1. The SMILES string of the molecule is CC[C@H](C)[C@H](NCC(=O)NC(=O)Nc1ccc2c(c1)OCCCO2)C(=O)O. The van der Waals surface area contributed by atoms with Gasteiger partial charge in [-0.1, -0.05) is 20.3 Å². The molecule has 1 aromatic carbocycles. The summed E-state index contributed by atoms with van der Waals surface area (Å²) in [5, 5.41) is 16.5. The first-order chi connectivity index (χ1) is 12.9. The molecule has 148 valence electrons. The highest BCUT2D eigenvalue weighted by Crippen LogP contribution is 2.32. The van der Waals surface area contributed by atoms with Crippen molar-refractivity contribution in [2.75, 3.05) is 25.1 Å². The summed E-state index contributed by atoms with van der Waals surface area (Å²) in [6.45, 7) is 4.45. The maximum absolute atomic E-state index is 12.0. The largest absolute Gasteiger partial charge is 0.490 e. The summed E-state index contributed by atoms with van der Waals surface area (Å²) >= 11 is 0. The maximum atomic E-state index is 12.0. The van der Waals surface area contributed by atoms with E-state index in [9.17, 15) is 19.5 Å². The normalized spacial score (nSPS) is 15.2. The lowest BCUT2D eigenvalue weighted by Crippen LogP contribution is -2.47. The van der Waals surface area contributed by atoms with Crippen LogP contribution in [0.15, 0.2) is 18.2 Å². The summed E-state index contributed by atoms with van der Waals surface area (Å²) < 4.78 is 11.1. The van der Waals surface area contributed by atoms with Gasteiger partial charge in [-0.2, -0.15) is 0 Å². The van der Waals surface area contributed by atoms with Crippen LogP contribution in [0.3, 0.4) is 0 Å². The Balaban J connectivity index is 1.85. The highest BCUT2D eigenvalue weighted by Gasteiger charge is 2.23. The van der Waals surface area contributed by atoms with E-state index >= 15 is 0 Å². The van der Waals surface area contributed by atoms with Gasteiger partial charge in [-0.05, 0) is 18.1 Å². The Bertz CT molecular complexity index is 694. The molecule has 0 unspecified atom stereocenters. The number of fused-ring (bicyclic) bond motifs is 1. The van der Waals surface area contributed by atoms with Gasteiger partial charge in [0.2, 0.25) is 5.91 Å². The van der Waals surface area contributed by atoms with E-state index in [1.807, 2.05) is 6.92 Å². The number of ether oxygens (including phenoxy) is 2. The molecule has 2 rings (SSSR count). The van der Waals surface area contributed by atoms with Crippen LogP contribution >= 0.6 is 0 Å². The molecule has 0 saturated heterocycles. The molecule has 9 heteroatoms. The molecule has 0 fully saturated rings. The van der Waals surface area contributed by atoms with Gasteiger partial charge < -0.3 is 19.9 Å². The molecule has 3 amide bonds. The minimum Gasteiger partial charge on any atom is -0.490 e. The van der Waals surface area contributed by atoms with Crippen molar-refractivity contribution in [2.45, 2.75) is 32.7 Å². The van der Waals surface area contributed by atoms with Crippen molar-refractivity contribution < 1.29 is 29.0 Å². The van der Waals surface area contributed by atoms with Crippen molar-refractivity contribution in [1.29, 1.82) is 0 Å². The van der Waals surface area contributed by atoms with Gasteiger partial charge in [0, 0.05) is 18.2 Å². The maximum Gasteiger partial charge on any atom is 0.325 e. The minimum absolute atomic E-state index is 0.147. The number of imide groups is 1. The Morgan fingerprint density at radius 3 is 2.56 bits per heavy atom. The third kappa shape index (κ3) is 6.14. The van der Waals surface area contributed by atoms with E-state index < -0.39 is 23.9 Å². The number of hydrogen-bond donors (Lipinski definition) is 4. The van der Waals surface area contributed by atoms with Crippen LogP contribution in [-0.2, 0) is 9.59 Å². The molecule has 0 bridgehead atoms. The Labute approximate surface area is 157 Å². The first-order valence-corrected chi connectivity index (χ1v) is 8.87. The van der Waals surface area contributed by atoms with Crippen LogP contribution < -0.4 is 25.4 Å². The van der Waals surface area contributed by atoms with Crippen LogP contribution in [0.5, 0.6) is 11.5 Å². The molecule has 1 aromatic rings. The second-order valence-corrected chi connectivity index (χ2v) is 6.30. The van der Waals surface area contributed by atoms with Crippen molar-refractivity contribution in [3.63, 3.8) is 0 Å². The predicted molar refractivity (Wildman–Crippen MR) is 98.1 cm³/mol. The zero-order chi connectivity index (χ0) is 19.8. The van der Waals surface area contributed by atoms with Crippen LogP contribution in [0.4, 0.5) is 10.5 Å². The summed E-state index contributed by atoms with van der Waals surface area (Å²) in [5.74, 6) is -0.684. The van der Waals surface area contributed by atoms with Gasteiger partial charge in [0.15, 0.2) is 11.5 Å². The lowest BCUT2D eigenvalue weighted by Gasteiger charge is -2.19. The minimum atomic E-state index is -1.03. The number of carbonyl (C=O) groups is 3. The lowest BCUT2D eigenvalue weighted by molar-refractivity contribution is -0.140. The van der Waals surface area contributed by atoms with Crippen molar-refractivity contribution in [3.05, 3.63) is 18.2 Å². The van der Waals surface area contributed by atoms with E-state index in [1.54, 1.807) is 25.1 Å². The number of nitrogens with one attached hydrogen (secondary N) is 3. The molecule has 27 heavy (non-hydrogen) atoms. The van der Waals surface area contributed by atoms with Gasteiger partial charge in [-0.15, -0.1) is 0 Å². The van der Waals surface area contributed by atoms with Crippen molar-refractivity contribution in [3.8, 4) is 11.5 Å². The van der Waals surface area contributed by atoms with Crippen LogP contribution in [0.1, 0.15) is 26.7 Å². The van der Waals surface area contributed by atoms with Crippen molar-refractivity contribution in [2.24, 2.45) is 5.92 Å². The highest BCUT2D eigenvalue weighted by atomic mass is 16.5. The van der Waals surface area contributed by atoms with Gasteiger partial charge in [0.1, 0.15) is 6.04 Å². The monoisotopic (exact) mass is 379 g/mol. The molecule has 2 atom stereocenters.